The summed E-state index contributed by atoms with van der Waals surface area (Å²) in [5.41, 5.74) is 1.68. The van der Waals surface area contributed by atoms with E-state index in [1.807, 2.05) is 7.05 Å². The Hall–Kier alpha value is -1.35. The number of hydrogen-bond donors (Lipinski definition) is 2. The van der Waals surface area contributed by atoms with Crippen LogP contribution in [0.5, 0.6) is 0 Å². The van der Waals surface area contributed by atoms with Crippen LogP contribution in [0.3, 0.4) is 0 Å². The van der Waals surface area contributed by atoms with Gasteiger partial charge in [-0.1, -0.05) is 36.8 Å². The van der Waals surface area contributed by atoms with Crippen molar-refractivity contribution in [2.45, 2.75) is 32.1 Å². The molecule has 0 saturated heterocycles. The molecule has 3 heteroatoms. The van der Waals surface area contributed by atoms with Gasteiger partial charge in [-0.05, 0) is 37.3 Å². The highest BCUT2D eigenvalue weighted by Crippen LogP contribution is 2.43. The monoisotopic (exact) mass is 260 g/mol. The minimum absolute atomic E-state index is 0.161. The van der Waals surface area contributed by atoms with E-state index in [2.05, 4.69) is 41.0 Å². The van der Waals surface area contributed by atoms with Crippen molar-refractivity contribution in [2.75, 3.05) is 20.1 Å². The molecule has 1 aromatic rings. The van der Waals surface area contributed by atoms with Crippen LogP contribution in [0.2, 0.25) is 0 Å². The molecule has 0 unspecified atom stereocenters. The third kappa shape index (κ3) is 4.06. The maximum Gasteiger partial charge on any atom is 0.221 e. The van der Waals surface area contributed by atoms with Crippen molar-refractivity contribution in [2.24, 2.45) is 5.41 Å². The maximum absolute atomic E-state index is 11.7. The van der Waals surface area contributed by atoms with Gasteiger partial charge in [0, 0.05) is 19.5 Å². The predicted molar refractivity (Wildman–Crippen MR) is 78.0 cm³/mol. The van der Waals surface area contributed by atoms with Gasteiger partial charge in [0.15, 0.2) is 0 Å². The van der Waals surface area contributed by atoms with Crippen molar-refractivity contribution < 1.29 is 4.79 Å². The van der Waals surface area contributed by atoms with Crippen molar-refractivity contribution in [1.82, 2.24) is 10.6 Å². The molecule has 0 radical (unpaired) electrons. The van der Waals surface area contributed by atoms with Crippen LogP contribution in [0.4, 0.5) is 0 Å². The quantitative estimate of drug-likeness (QED) is 0.788. The van der Waals surface area contributed by atoms with Gasteiger partial charge < -0.3 is 10.6 Å². The molecule has 1 fully saturated rings. The van der Waals surface area contributed by atoms with Crippen LogP contribution >= 0.6 is 0 Å². The second-order valence-electron chi connectivity index (χ2n) is 5.65. The lowest BCUT2D eigenvalue weighted by Crippen LogP contribution is -2.44. The number of nitrogens with one attached hydrogen (secondary N) is 2. The summed E-state index contributed by atoms with van der Waals surface area (Å²) >= 11 is 0. The molecule has 2 rings (SSSR count). The molecule has 3 nitrogen and oxygen atoms in total. The van der Waals surface area contributed by atoms with Crippen LogP contribution in [-0.4, -0.2) is 26.0 Å². The maximum atomic E-state index is 11.7. The van der Waals surface area contributed by atoms with E-state index < -0.39 is 0 Å². The first-order valence-corrected chi connectivity index (χ1v) is 7.19. The fraction of sp³-hybridized carbons (Fsp3) is 0.562. The summed E-state index contributed by atoms with van der Waals surface area (Å²) in [5, 5.41) is 6.10. The molecular weight excluding hydrogens is 236 g/mol. The highest BCUT2D eigenvalue weighted by atomic mass is 16.1. The number of hydrogen-bond acceptors (Lipinski definition) is 2. The SMILES string of the molecule is CNCCC(=O)NCC1(Cc2ccccc2)CCC1. The summed E-state index contributed by atoms with van der Waals surface area (Å²) in [6.45, 7) is 1.57. The number of carbonyl (C=O) groups excluding carboxylic acids is 1. The van der Waals surface area contributed by atoms with Crippen LogP contribution in [0, 0.1) is 5.41 Å². The Bertz CT molecular complexity index is 398. The van der Waals surface area contributed by atoms with Crippen molar-refractivity contribution in [3.8, 4) is 0 Å². The fourth-order valence-corrected chi connectivity index (χ4v) is 2.73. The molecule has 1 aliphatic carbocycles. The van der Waals surface area contributed by atoms with Gasteiger partial charge in [-0.2, -0.15) is 0 Å². The zero-order valence-electron chi connectivity index (χ0n) is 11.7. The van der Waals surface area contributed by atoms with Gasteiger partial charge in [0.1, 0.15) is 0 Å². The molecule has 2 N–H and O–H groups in total. The van der Waals surface area contributed by atoms with E-state index in [-0.39, 0.29) is 5.91 Å². The molecule has 1 aliphatic rings. The van der Waals surface area contributed by atoms with Crippen molar-refractivity contribution in [3.05, 3.63) is 35.9 Å². The topological polar surface area (TPSA) is 41.1 Å². The van der Waals surface area contributed by atoms with Crippen molar-refractivity contribution in [1.29, 1.82) is 0 Å². The molecule has 0 aromatic heterocycles. The van der Waals surface area contributed by atoms with Gasteiger partial charge in [-0.15, -0.1) is 0 Å². The summed E-state index contributed by atoms with van der Waals surface area (Å²) in [6, 6.07) is 10.6. The first-order valence-electron chi connectivity index (χ1n) is 7.19. The minimum atomic E-state index is 0.161. The Labute approximate surface area is 115 Å². The summed E-state index contributed by atoms with van der Waals surface area (Å²) in [5.74, 6) is 0.161. The molecular formula is C16H24N2O. The minimum Gasteiger partial charge on any atom is -0.355 e. The van der Waals surface area contributed by atoms with Crippen molar-refractivity contribution in [3.63, 3.8) is 0 Å². The average Bonchev–Trinajstić information content (AvgIpc) is 2.40. The molecule has 0 spiro atoms. The predicted octanol–water partition coefficient (Wildman–Crippen LogP) is 2.13. The van der Waals surface area contributed by atoms with E-state index in [9.17, 15) is 4.79 Å². The fourth-order valence-electron chi connectivity index (χ4n) is 2.73. The van der Waals surface area contributed by atoms with E-state index in [0.29, 0.717) is 11.8 Å². The summed E-state index contributed by atoms with van der Waals surface area (Å²) in [7, 11) is 1.87. The van der Waals surface area contributed by atoms with E-state index in [0.717, 1.165) is 19.5 Å². The molecule has 1 aromatic carbocycles. The van der Waals surface area contributed by atoms with Crippen LogP contribution in [0.15, 0.2) is 30.3 Å². The van der Waals surface area contributed by atoms with Gasteiger partial charge in [-0.3, -0.25) is 4.79 Å². The molecule has 1 saturated carbocycles. The molecule has 0 bridgehead atoms. The third-order valence-electron chi connectivity index (χ3n) is 4.10. The summed E-state index contributed by atoms with van der Waals surface area (Å²) in [4.78, 5) is 11.7. The smallest absolute Gasteiger partial charge is 0.221 e. The highest BCUT2D eigenvalue weighted by molar-refractivity contribution is 5.76. The van der Waals surface area contributed by atoms with E-state index in [1.165, 1.54) is 24.8 Å². The molecule has 1 amide bonds. The molecule has 0 aliphatic heterocycles. The molecule has 0 heterocycles. The van der Waals surface area contributed by atoms with E-state index in [4.69, 9.17) is 0 Å². The lowest BCUT2D eigenvalue weighted by atomic mass is 9.65. The standard InChI is InChI=1S/C16H24N2O/c1-17-11-8-15(19)18-13-16(9-5-10-16)12-14-6-3-2-4-7-14/h2-4,6-7,17H,5,8-13H2,1H3,(H,18,19). The first kappa shape index (κ1) is 14.1. The van der Waals surface area contributed by atoms with Crippen LogP contribution in [0.25, 0.3) is 0 Å². The van der Waals surface area contributed by atoms with Crippen LogP contribution in [0.1, 0.15) is 31.2 Å². The molecule has 19 heavy (non-hydrogen) atoms. The number of benzene rings is 1. The normalized spacial score (nSPS) is 16.7. The second kappa shape index (κ2) is 6.71. The van der Waals surface area contributed by atoms with Gasteiger partial charge in [0.2, 0.25) is 5.91 Å². The molecule has 0 atom stereocenters. The zero-order chi connectivity index (χ0) is 13.6. The van der Waals surface area contributed by atoms with Crippen LogP contribution in [-0.2, 0) is 11.2 Å². The Morgan fingerprint density at radius 2 is 2.00 bits per heavy atom. The first-order chi connectivity index (χ1) is 9.24. The Morgan fingerprint density at radius 1 is 1.26 bits per heavy atom. The van der Waals surface area contributed by atoms with E-state index in [1.54, 1.807) is 0 Å². The van der Waals surface area contributed by atoms with Gasteiger partial charge >= 0.3 is 0 Å². The lowest BCUT2D eigenvalue weighted by Gasteiger charge is -2.42. The zero-order valence-corrected chi connectivity index (χ0v) is 11.7. The lowest BCUT2D eigenvalue weighted by molar-refractivity contribution is -0.121. The number of carbonyl (C=O) groups is 1. The Morgan fingerprint density at radius 3 is 2.58 bits per heavy atom. The highest BCUT2D eigenvalue weighted by Gasteiger charge is 2.37. The van der Waals surface area contributed by atoms with Crippen molar-refractivity contribution >= 4 is 5.91 Å². The number of amides is 1. The van der Waals surface area contributed by atoms with Gasteiger partial charge in [0.25, 0.3) is 0 Å². The van der Waals surface area contributed by atoms with E-state index >= 15 is 0 Å². The van der Waals surface area contributed by atoms with Crippen LogP contribution < -0.4 is 10.6 Å². The third-order valence-corrected chi connectivity index (χ3v) is 4.10. The number of rotatable bonds is 7. The summed E-state index contributed by atoms with van der Waals surface area (Å²) < 4.78 is 0. The van der Waals surface area contributed by atoms with Gasteiger partial charge in [-0.25, -0.2) is 0 Å². The second-order valence-corrected chi connectivity index (χ2v) is 5.65. The Balaban J connectivity index is 1.83. The average molecular weight is 260 g/mol. The Kier molecular flexibility index (Phi) is 4.97. The van der Waals surface area contributed by atoms with Gasteiger partial charge in [0.05, 0.1) is 0 Å². The largest absolute Gasteiger partial charge is 0.355 e. The molecule has 104 valence electrons. The summed E-state index contributed by atoms with van der Waals surface area (Å²) in [6.07, 6.45) is 5.40.